The van der Waals surface area contributed by atoms with Crippen LogP contribution in [0.15, 0.2) is 55.6 Å². The third-order valence-corrected chi connectivity index (χ3v) is 3.08. The van der Waals surface area contributed by atoms with E-state index < -0.39 is 0 Å². The van der Waals surface area contributed by atoms with E-state index in [1.807, 2.05) is 63.3 Å². The molecular formula is C20H24O. The highest BCUT2D eigenvalue weighted by molar-refractivity contribution is 5.70. The van der Waals surface area contributed by atoms with E-state index in [9.17, 15) is 0 Å². The molecule has 0 unspecified atom stereocenters. The zero-order valence-electron chi connectivity index (χ0n) is 13.2. The van der Waals surface area contributed by atoms with Crippen molar-refractivity contribution in [3.05, 3.63) is 77.9 Å². The molecule has 0 N–H and O–H groups in total. The van der Waals surface area contributed by atoms with Crippen molar-refractivity contribution in [1.82, 2.24) is 0 Å². The molecule has 0 radical (unpaired) electrons. The first kappa shape index (κ1) is 16.8. The molecule has 0 amide bonds. The average Bonchev–Trinajstić information content (AvgIpc) is 2.56. The summed E-state index contributed by atoms with van der Waals surface area (Å²) in [6, 6.07) is 14.2. The molecule has 2 aromatic rings. The van der Waals surface area contributed by atoms with Crippen LogP contribution in [0.3, 0.4) is 0 Å². The van der Waals surface area contributed by atoms with E-state index in [0.29, 0.717) is 6.61 Å². The summed E-state index contributed by atoms with van der Waals surface area (Å²) in [7, 11) is 0. The quantitative estimate of drug-likeness (QED) is 0.664. The van der Waals surface area contributed by atoms with Crippen molar-refractivity contribution < 1.29 is 4.74 Å². The number of rotatable bonds is 5. The number of hydrogen-bond acceptors (Lipinski definition) is 1. The second-order valence-corrected chi connectivity index (χ2v) is 4.40. The molecule has 0 heterocycles. The van der Waals surface area contributed by atoms with E-state index in [-0.39, 0.29) is 0 Å². The Labute approximate surface area is 128 Å². The first-order valence-electron chi connectivity index (χ1n) is 7.31. The van der Waals surface area contributed by atoms with Gasteiger partial charge in [0.1, 0.15) is 12.4 Å². The zero-order chi connectivity index (χ0) is 15.7. The fourth-order valence-electron chi connectivity index (χ4n) is 2.03. The topological polar surface area (TPSA) is 9.23 Å². The summed E-state index contributed by atoms with van der Waals surface area (Å²) in [5, 5.41) is 0. The fraction of sp³-hybridized carbons (Fsp3) is 0.200. The van der Waals surface area contributed by atoms with E-state index in [2.05, 4.69) is 25.3 Å². The fourth-order valence-corrected chi connectivity index (χ4v) is 2.03. The molecule has 0 saturated carbocycles. The smallest absolute Gasteiger partial charge is 0.130 e. The molecule has 0 aliphatic rings. The Morgan fingerprint density at radius 2 is 1.62 bits per heavy atom. The standard InChI is InChI=1S/C18H18O.C2H6/c1-4-16-12-11-14(3)18(17(16)5-2)19-13-15-9-7-6-8-10-15;1-2/h4-12H,1-2,13H2,3H3;1-2H3. The molecule has 2 rings (SSSR count). The minimum Gasteiger partial charge on any atom is -0.488 e. The first-order chi connectivity index (χ1) is 10.3. The Hall–Kier alpha value is -2.28. The molecule has 0 saturated heterocycles. The lowest BCUT2D eigenvalue weighted by Crippen LogP contribution is -2.00. The van der Waals surface area contributed by atoms with Crippen molar-refractivity contribution in [2.75, 3.05) is 0 Å². The molecule has 110 valence electrons. The van der Waals surface area contributed by atoms with Crippen LogP contribution in [0.5, 0.6) is 5.75 Å². The van der Waals surface area contributed by atoms with Gasteiger partial charge < -0.3 is 4.74 Å². The molecule has 0 aliphatic carbocycles. The monoisotopic (exact) mass is 280 g/mol. The molecule has 0 aliphatic heterocycles. The largest absolute Gasteiger partial charge is 0.488 e. The molecule has 0 atom stereocenters. The predicted molar refractivity (Wildman–Crippen MR) is 93.5 cm³/mol. The van der Waals surface area contributed by atoms with Gasteiger partial charge in [-0.25, -0.2) is 0 Å². The lowest BCUT2D eigenvalue weighted by molar-refractivity contribution is 0.303. The van der Waals surface area contributed by atoms with Crippen LogP contribution in [0, 0.1) is 6.92 Å². The summed E-state index contributed by atoms with van der Waals surface area (Å²) in [5.41, 5.74) is 4.31. The van der Waals surface area contributed by atoms with Gasteiger partial charge in [-0.15, -0.1) is 0 Å². The van der Waals surface area contributed by atoms with Crippen LogP contribution < -0.4 is 4.74 Å². The van der Waals surface area contributed by atoms with E-state index in [1.54, 1.807) is 0 Å². The van der Waals surface area contributed by atoms with Crippen molar-refractivity contribution in [2.24, 2.45) is 0 Å². The number of benzene rings is 2. The number of hydrogen-bond donors (Lipinski definition) is 0. The summed E-state index contributed by atoms with van der Waals surface area (Å²) >= 11 is 0. The van der Waals surface area contributed by atoms with E-state index in [0.717, 1.165) is 28.0 Å². The third-order valence-electron chi connectivity index (χ3n) is 3.08. The van der Waals surface area contributed by atoms with Gasteiger partial charge in [-0.05, 0) is 23.6 Å². The van der Waals surface area contributed by atoms with Crippen molar-refractivity contribution >= 4 is 12.2 Å². The molecule has 21 heavy (non-hydrogen) atoms. The van der Waals surface area contributed by atoms with Gasteiger partial charge in [0.2, 0.25) is 0 Å². The maximum atomic E-state index is 5.97. The Morgan fingerprint density at radius 3 is 2.19 bits per heavy atom. The maximum absolute atomic E-state index is 5.97. The molecule has 0 fully saturated rings. The molecule has 0 bridgehead atoms. The highest BCUT2D eigenvalue weighted by Crippen LogP contribution is 2.29. The number of ether oxygens (including phenoxy) is 1. The predicted octanol–water partition coefficient (Wildman–Crippen LogP) is 5.89. The first-order valence-corrected chi connectivity index (χ1v) is 7.31. The van der Waals surface area contributed by atoms with Crippen molar-refractivity contribution in [3.63, 3.8) is 0 Å². The summed E-state index contributed by atoms with van der Waals surface area (Å²) in [6.45, 7) is 14.3. The average molecular weight is 280 g/mol. The second kappa shape index (κ2) is 8.80. The van der Waals surface area contributed by atoms with Gasteiger partial charge in [0.15, 0.2) is 0 Å². The minimum atomic E-state index is 0.559. The number of aryl methyl sites for hydroxylation is 1. The molecule has 0 spiro atoms. The van der Waals surface area contributed by atoms with E-state index in [4.69, 9.17) is 4.74 Å². The van der Waals surface area contributed by atoms with Crippen LogP contribution in [0.4, 0.5) is 0 Å². The van der Waals surface area contributed by atoms with Gasteiger partial charge in [0.25, 0.3) is 0 Å². The van der Waals surface area contributed by atoms with Gasteiger partial charge in [-0.3, -0.25) is 0 Å². The second-order valence-electron chi connectivity index (χ2n) is 4.40. The molecule has 1 heteroatoms. The SMILES string of the molecule is C=Cc1ccc(C)c(OCc2ccccc2)c1C=C.CC. The van der Waals surface area contributed by atoms with Crippen molar-refractivity contribution in [3.8, 4) is 5.75 Å². The van der Waals surface area contributed by atoms with Gasteiger partial charge in [0.05, 0.1) is 0 Å². The van der Waals surface area contributed by atoms with Crippen LogP contribution in [0.2, 0.25) is 0 Å². The van der Waals surface area contributed by atoms with Gasteiger partial charge in [0, 0.05) is 5.56 Å². The molecule has 2 aromatic carbocycles. The van der Waals surface area contributed by atoms with Crippen LogP contribution in [-0.2, 0) is 6.61 Å². The lowest BCUT2D eigenvalue weighted by atomic mass is 10.0. The van der Waals surface area contributed by atoms with Crippen LogP contribution >= 0.6 is 0 Å². The highest BCUT2D eigenvalue weighted by Gasteiger charge is 2.08. The molecular weight excluding hydrogens is 256 g/mol. The van der Waals surface area contributed by atoms with Crippen LogP contribution in [0.25, 0.3) is 12.2 Å². The summed E-state index contributed by atoms with van der Waals surface area (Å²) in [6.07, 6.45) is 3.65. The third kappa shape index (κ3) is 4.35. The Kier molecular flexibility index (Phi) is 7.03. The Bertz CT molecular complexity index is 582. The minimum absolute atomic E-state index is 0.559. The van der Waals surface area contributed by atoms with Crippen LogP contribution in [0.1, 0.15) is 36.1 Å². The molecule has 1 nitrogen and oxygen atoms in total. The highest BCUT2D eigenvalue weighted by atomic mass is 16.5. The molecule has 0 aromatic heterocycles. The summed E-state index contributed by atoms with van der Waals surface area (Å²) < 4.78 is 5.97. The maximum Gasteiger partial charge on any atom is 0.130 e. The zero-order valence-corrected chi connectivity index (χ0v) is 13.2. The van der Waals surface area contributed by atoms with Gasteiger partial charge in [-0.1, -0.05) is 81.6 Å². The van der Waals surface area contributed by atoms with Crippen molar-refractivity contribution in [1.29, 1.82) is 0 Å². The van der Waals surface area contributed by atoms with Crippen molar-refractivity contribution in [2.45, 2.75) is 27.4 Å². The summed E-state index contributed by atoms with van der Waals surface area (Å²) in [4.78, 5) is 0. The lowest BCUT2D eigenvalue weighted by Gasteiger charge is -2.14. The van der Waals surface area contributed by atoms with E-state index in [1.165, 1.54) is 0 Å². The van der Waals surface area contributed by atoms with E-state index >= 15 is 0 Å². The van der Waals surface area contributed by atoms with Gasteiger partial charge in [-0.2, -0.15) is 0 Å². The van der Waals surface area contributed by atoms with Gasteiger partial charge >= 0.3 is 0 Å². The normalized spacial score (nSPS) is 9.29. The summed E-state index contributed by atoms with van der Waals surface area (Å²) in [5.74, 6) is 0.885. The Balaban J connectivity index is 0.00000106. The Morgan fingerprint density at radius 1 is 0.952 bits per heavy atom. The van der Waals surface area contributed by atoms with Crippen LogP contribution in [-0.4, -0.2) is 0 Å².